The van der Waals surface area contributed by atoms with Gasteiger partial charge in [0.05, 0.1) is 5.56 Å². The Morgan fingerprint density at radius 2 is 2.25 bits per heavy atom. The standard InChI is InChI=1S/C14H10FNO4/c15-14-9(5-16)2-1-3-10(14)7-20-13-8-19-11(6-17)4-12(13)18/h1-4,8,17H,6-7H2. The molecule has 1 aromatic heterocycles. The molecule has 0 fully saturated rings. The van der Waals surface area contributed by atoms with Crippen LogP contribution in [0.1, 0.15) is 16.9 Å². The summed E-state index contributed by atoms with van der Waals surface area (Å²) in [7, 11) is 0. The summed E-state index contributed by atoms with van der Waals surface area (Å²) in [4.78, 5) is 11.6. The van der Waals surface area contributed by atoms with Gasteiger partial charge in [-0.3, -0.25) is 4.79 Å². The van der Waals surface area contributed by atoms with Crippen LogP contribution in [-0.4, -0.2) is 5.11 Å². The third-order valence-electron chi connectivity index (χ3n) is 2.59. The van der Waals surface area contributed by atoms with E-state index in [0.717, 1.165) is 12.3 Å². The van der Waals surface area contributed by atoms with Crippen LogP contribution in [0.4, 0.5) is 4.39 Å². The number of nitrogens with zero attached hydrogens (tertiary/aromatic N) is 1. The first-order valence-corrected chi connectivity index (χ1v) is 5.68. The zero-order chi connectivity index (χ0) is 14.5. The highest BCUT2D eigenvalue weighted by Crippen LogP contribution is 2.15. The summed E-state index contributed by atoms with van der Waals surface area (Å²) in [6.45, 7) is -0.598. The van der Waals surface area contributed by atoms with Crippen molar-refractivity contribution in [3.8, 4) is 11.8 Å². The largest absolute Gasteiger partial charge is 0.482 e. The van der Waals surface area contributed by atoms with Crippen molar-refractivity contribution >= 4 is 0 Å². The molecule has 0 bridgehead atoms. The Morgan fingerprint density at radius 3 is 2.90 bits per heavy atom. The Labute approximate surface area is 113 Å². The maximum Gasteiger partial charge on any atom is 0.227 e. The zero-order valence-corrected chi connectivity index (χ0v) is 10.3. The van der Waals surface area contributed by atoms with Crippen LogP contribution in [0.3, 0.4) is 0 Å². The highest BCUT2D eigenvalue weighted by atomic mass is 19.1. The number of halogens is 1. The Balaban J connectivity index is 2.18. The SMILES string of the molecule is N#Cc1cccc(COc2coc(CO)cc2=O)c1F. The van der Waals surface area contributed by atoms with Gasteiger partial charge in [0, 0.05) is 11.6 Å². The molecule has 0 aliphatic heterocycles. The smallest absolute Gasteiger partial charge is 0.227 e. The molecule has 0 amide bonds. The highest BCUT2D eigenvalue weighted by Gasteiger charge is 2.10. The van der Waals surface area contributed by atoms with Gasteiger partial charge in [-0.05, 0) is 6.07 Å². The molecule has 0 aliphatic rings. The van der Waals surface area contributed by atoms with Crippen LogP contribution >= 0.6 is 0 Å². The first-order valence-electron chi connectivity index (χ1n) is 5.68. The first kappa shape index (κ1) is 13.8. The second-order valence-corrected chi connectivity index (χ2v) is 3.91. The molecule has 102 valence electrons. The van der Waals surface area contributed by atoms with Gasteiger partial charge in [0.25, 0.3) is 0 Å². The number of aliphatic hydroxyl groups excluding tert-OH is 1. The summed E-state index contributed by atoms with van der Waals surface area (Å²) in [6.07, 6.45) is 1.06. The van der Waals surface area contributed by atoms with Gasteiger partial charge in [-0.15, -0.1) is 0 Å². The van der Waals surface area contributed by atoms with Crippen LogP contribution in [0.5, 0.6) is 5.75 Å². The normalized spacial score (nSPS) is 10.1. The molecule has 6 heteroatoms. The van der Waals surface area contributed by atoms with Gasteiger partial charge in [0.15, 0.2) is 0 Å². The fraction of sp³-hybridized carbons (Fsp3) is 0.143. The molecule has 2 aromatic rings. The lowest BCUT2D eigenvalue weighted by Gasteiger charge is -2.07. The lowest BCUT2D eigenvalue weighted by atomic mass is 10.1. The van der Waals surface area contributed by atoms with Crippen molar-refractivity contribution in [2.45, 2.75) is 13.2 Å². The fourth-order valence-electron chi connectivity index (χ4n) is 1.56. The van der Waals surface area contributed by atoms with Gasteiger partial charge in [-0.2, -0.15) is 5.26 Å². The Morgan fingerprint density at radius 1 is 1.45 bits per heavy atom. The number of aliphatic hydroxyl groups is 1. The number of rotatable bonds is 4. The number of hydrogen-bond donors (Lipinski definition) is 1. The third kappa shape index (κ3) is 2.84. The van der Waals surface area contributed by atoms with Gasteiger partial charge in [0.1, 0.15) is 37.1 Å². The van der Waals surface area contributed by atoms with Crippen LogP contribution in [0.15, 0.2) is 39.7 Å². The lowest BCUT2D eigenvalue weighted by Crippen LogP contribution is -2.09. The number of ether oxygens (including phenoxy) is 1. The maximum absolute atomic E-state index is 13.8. The van der Waals surface area contributed by atoms with Crippen molar-refractivity contribution in [3.05, 3.63) is 63.5 Å². The van der Waals surface area contributed by atoms with E-state index >= 15 is 0 Å². The second-order valence-electron chi connectivity index (χ2n) is 3.91. The average Bonchev–Trinajstić information content (AvgIpc) is 2.47. The van der Waals surface area contributed by atoms with Gasteiger partial charge in [-0.1, -0.05) is 12.1 Å². The molecule has 2 rings (SSSR count). The van der Waals surface area contributed by atoms with E-state index in [9.17, 15) is 9.18 Å². The summed E-state index contributed by atoms with van der Waals surface area (Å²) in [5.41, 5.74) is -0.402. The van der Waals surface area contributed by atoms with Gasteiger partial charge in [0.2, 0.25) is 11.2 Å². The minimum Gasteiger partial charge on any atom is -0.482 e. The molecule has 0 spiro atoms. The molecule has 1 aromatic carbocycles. The molecule has 0 atom stereocenters. The molecule has 0 saturated carbocycles. The molecule has 20 heavy (non-hydrogen) atoms. The van der Waals surface area contributed by atoms with Crippen LogP contribution in [0.25, 0.3) is 0 Å². The number of benzene rings is 1. The fourth-order valence-corrected chi connectivity index (χ4v) is 1.56. The molecule has 1 N–H and O–H groups in total. The van der Waals surface area contributed by atoms with Crippen molar-refractivity contribution in [2.24, 2.45) is 0 Å². The number of nitriles is 1. The van der Waals surface area contributed by atoms with Crippen molar-refractivity contribution < 1.29 is 18.7 Å². The second kappa shape index (κ2) is 5.99. The molecule has 0 unspecified atom stereocenters. The quantitative estimate of drug-likeness (QED) is 0.918. The predicted molar refractivity (Wildman–Crippen MR) is 66.3 cm³/mol. The van der Waals surface area contributed by atoms with E-state index in [2.05, 4.69) is 0 Å². The van der Waals surface area contributed by atoms with Gasteiger partial charge >= 0.3 is 0 Å². The minimum atomic E-state index is -0.675. The molecule has 1 heterocycles. The van der Waals surface area contributed by atoms with Crippen LogP contribution in [-0.2, 0) is 13.2 Å². The Kier molecular flexibility index (Phi) is 4.13. The van der Waals surface area contributed by atoms with E-state index in [0.29, 0.717) is 0 Å². The zero-order valence-electron chi connectivity index (χ0n) is 10.3. The van der Waals surface area contributed by atoms with Crippen molar-refractivity contribution in [3.63, 3.8) is 0 Å². The van der Waals surface area contributed by atoms with E-state index in [1.807, 2.05) is 0 Å². The molecule has 0 saturated heterocycles. The molecule has 0 radical (unpaired) electrons. The van der Waals surface area contributed by atoms with Crippen molar-refractivity contribution in [1.29, 1.82) is 5.26 Å². The van der Waals surface area contributed by atoms with Crippen LogP contribution < -0.4 is 10.2 Å². The van der Waals surface area contributed by atoms with E-state index in [4.69, 9.17) is 19.5 Å². The van der Waals surface area contributed by atoms with Crippen LogP contribution in [0.2, 0.25) is 0 Å². The van der Waals surface area contributed by atoms with E-state index in [1.54, 1.807) is 6.07 Å². The predicted octanol–water partition coefficient (Wildman–Crippen LogP) is 1.72. The monoisotopic (exact) mass is 275 g/mol. The highest BCUT2D eigenvalue weighted by molar-refractivity contribution is 5.35. The number of hydrogen-bond acceptors (Lipinski definition) is 5. The Bertz CT molecular complexity index is 718. The van der Waals surface area contributed by atoms with Crippen molar-refractivity contribution in [2.75, 3.05) is 0 Å². The summed E-state index contributed by atoms with van der Waals surface area (Å²) < 4.78 is 23.9. The van der Waals surface area contributed by atoms with Crippen LogP contribution in [0, 0.1) is 17.1 Å². The van der Waals surface area contributed by atoms with E-state index in [1.165, 1.54) is 18.2 Å². The van der Waals surface area contributed by atoms with Gasteiger partial charge in [-0.25, -0.2) is 4.39 Å². The summed E-state index contributed by atoms with van der Waals surface area (Å²) >= 11 is 0. The average molecular weight is 275 g/mol. The van der Waals surface area contributed by atoms with E-state index in [-0.39, 0.29) is 29.2 Å². The van der Waals surface area contributed by atoms with Crippen molar-refractivity contribution in [1.82, 2.24) is 0 Å². The summed E-state index contributed by atoms with van der Waals surface area (Å²) in [5, 5.41) is 17.5. The summed E-state index contributed by atoms with van der Waals surface area (Å²) in [6, 6.07) is 7.15. The summed E-state index contributed by atoms with van der Waals surface area (Å²) in [5.74, 6) is -0.657. The topological polar surface area (TPSA) is 83.5 Å². The van der Waals surface area contributed by atoms with Gasteiger partial charge < -0.3 is 14.3 Å². The molecular weight excluding hydrogens is 265 g/mol. The molecular formula is C14H10FNO4. The minimum absolute atomic E-state index is 0.0891. The van der Waals surface area contributed by atoms with E-state index < -0.39 is 17.9 Å². The lowest BCUT2D eigenvalue weighted by molar-refractivity contribution is 0.235. The molecule has 5 nitrogen and oxygen atoms in total. The molecule has 0 aliphatic carbocycles. The maximum atomic E-state index is 13.8. The first-order chi connectivity index (χ1) is 9.65. The third-order valence-corrected chi connectivity index (χ3v) is 2.59. The Hall–Kier alpha value is -2.65.